The Hall–Kier alpha value is -3.00. The molecule has 1 saturated heterocycles. The van der Waals surface area contributed by atoms with Crippen molar-refractivity contribution in [3.8, 4) is 11.5 Å². The van der Waals surface area contributed by atoms with E-state index in [-0.39, 0.29) is 17.1 Å². The van der Waals surface area contributed by atoms with Gasteiger partial charge in [0.15, 0.2) is 11.5 Å². The van der Waals surface area contributed by atoms with Gasteiger partial charge in [0.05, 0.1) is 17.2 Å². The van der Waals surface area contributed by atoms with Crippen molar-refractivity contribution in [1.29, 1.82) is 5.41 Å². The molecule has 5 N–H and O–H groups in total. The first-order valence-corrected chi connectivity index (χ1v) is 11.5. The lowest BCUT2D eigenvalue weighted by atomic mass is 9.93. The number of benzene rings is 1. The minimum absolute atomic E-state index is 0.133. The number of rotatable bonds is 7. The minimum Gasteiger partial charge on any atom is -0.382 e. The average molecular weight is 436 g/mol. The predicted molar refractivity (Wildman–Crippen MR) is 128 cm³/mol. The maximum absolute atomic E-state index is 12.8. The maximum atomic E-state index is 12.8. The molecule has 8 heteroatoms. The standard InChI is InChI=1S/C24H33N7O/c1-14-7-4-8-15(2)31(14)16(3)9-5-10-17-11-6-12-18-20(17)30-24(32)21(28-18)23-27-13-19(29-23)22(25)26/h6,11-16H,4-5,7-10H2,1-3H3,(H3,25,26)(H,27,29)(H,30,32). The molecule has 0 amide bonds. The molecule has 3 aromatic rings. The summed E-state index contributed by atoms with van der Waals surface area (Å²) in [4.78, 5) is 30.0. The smallest absolute Gasteiger partial charge is 0.278 e. The van der Waals surface area contributed by atoms with Crippen LogP contribution in [0.3, 0.4) is 0 Å². The monoisotopic (exact) mass is 435 g/mol. The number of nitrogens with zero attached hydrogens (tertiary/aromatic N) is 3. The number of imidazole rings is 1. The molecule has 0 saturated carbocycles. The number of aryl methyl sites for hydroxylation is 1. The summed E-state index contributed by atoms with van der Waals surface area (Å²) < 4.78 is 0. The molecule has 1 aliphatic heterocycles. The van der Waals surface area contributed by atoms with Crippen molar-refractivity contribution < 1.29 is 0 Å². The molecule has 0 bridgehead atoms. The van der Waals surface area contributed by atoms with E-state index in [2.05, 4.69) is 51.7 Å². The lowest BCUT2D eigenvalue weighted by molar-refractivity contribution is 0.0580. The number of aromatic amines is 2. The molecule has 8 nitrogen and oxygen atoms in total. The number of amidine groups is 1. The Labute approximate surface area is 188 Å². The van der Waals surface area contributed by atoms with Gasteiger partial charge in [0.25, 0.3) is 5.56 Å². The number of aromatic nitrogens is 4. The first-order valence-electron chi connectivity index (χ1n) is 11.5. The van der Waals surface area contributed by atoms with Crippen LogP contribution in [0.15, 0.2) is 29.2 Å². The molecular formula is C24H33N7O. The van der Waals surface area contributed by atoms with Crippen molar-refractivity contribution in [2.24, 2.45) is 5.73 Å². The van der Waals surface area contributed by atoms with Crippen molar-refractivity contribution in [3.05, 3.63) is 46.0 Å². The minimum atomic E-state index is -0.307. The molecule has 0 spiro atoms. The van der Waals surface area contributed by atoms with Crippen LogP contribution in [-0.4, -0.2) is 48.8 Å². The summed E-state index contributed by atoms with van der Waals surface area (Å²) in [5.74, 6) is 0.174. The van der Waals surface area contributed by atoms with Crippen LogP contribution >= 0.6 is 0 Å². The Morgan fingerprint density at radius 2 is 2.03 bits per heavy atom. The molecule has 1 fully saturated rings. The Balaban J connectivity index is 1.50. The van der Waals surface area contributed by atoms with E-state index >= 15 is 0 Å². The summed E-state index contributed by atoms with van der Waals surface area (Å²) in [5.41, 5.74) is 8.36. The van der Waals surface area contributed by atoms with Gasteiger partial charge in [-0.3, -0.25) is 15.1 Å². The van der Waals surface area contributed by atoms with Crippen molar-refractivity contribution in [2.45, 2.75) is 77.4 Å². The van der Waals surface area contributed by atoms with Crippen LogP contribution in [0.25, 0.3) is 22.6 Å². The second-order valence-electron chi connectivity index (χ2n) is 9.10. The quantitative estimate of drug-likeness (QED) is 0.333. The summed E-state index contributed by atoms with van der Waals surface area (Å²) in [6.45, 7) is 7.04. The van der Waals surface area contributed by atoms with E-state index in [9.17, 15) is 4.79 Å². The number of nitrogens with one attached hydrogen (secondary N) is 3. The van der Waals surface area contributed by atoms with Crippen LogP contribution in [0, 0.1) is 5.41 Å². The zero-order valence-corrected chi connectivity index (χ0v) is 19.1. The molecule has 1 aliphatic rings. The van der Waals surface area contributed by atoms with Gasteiger partial charge in [-0.1, -0.05) is 18.6 Å². The zero-order valence-electron chi connectivity index (χ0n) is 19.1. The van der Waals surface area contributed by atoms with Crippen molar-refractivity contribution >= 4 is 16.9 Å². The maximum Gasteiger partial charge on any atom is 0.278 e. The third kappa shape index (κ3) is 4.46. The SMILES string of the molecule is CC(CCCc1cccc2nc(-c3ncc(C(=N)N)[nH]3)c(=O)[nH]c12)N1C(C)CCCC1C. The molecule has 3 unspecified atom stereocenters. The fraction of sp³-hybridized carbons (Fsp3) is 0.500. The number of nitrogens with two attached hydrogens (primary N) is 1. The number of nitrogen functional groups attached to an aromatic ring is 1. The van der Waals surface area contributed by atoms with Gasteiger partial charge in [-0.05, 0) is 64.5 Å². The van der Waals surface area contributed by atoms with Gasteiger partial charge in [-0.15, -0.1) is 0 Å². The van der Waals surface area contributed by atoms with Gasteiger partial charge in [0, 0.05) is 18.1 Å². The highest BCUT2D eigenvalue weighted by Gasteiger charge is 2.28. The lowest BCUT2D eigenvalue weighted by Gasteiger charge is -2.43. The van der Waals surface area contributed by atoms with E-state index in [0.29, 0.717) is 29.6 Å². The Morgan fingerprint density at radius 3 is 2.72 bits per heavy atom. The van der Waals surface area contributed by atoms with E-state index in [4.69, 9.17) is 11.1 Å². The second-order valence-corrected chi connectivity index (χ2v) is 9.10. The number of hydrogen-bond acceptors (Lipinski definition) is 5. The topological polar surface area (TPSA) is 128 Å². The second kappa shape index (κ2) is 9.24. The van der Waals surface area contributed by atoms with Gasteiger partial charge >= 0.3 is 0 Å². The summed E-state index contributed by atoms with van der Waals surface area (Å²) in [6, 6.07) is 7.79. The molecule has 3 heterocycles. The first kappa shape index (κ1) is 22.2. The van der Waals surface area contributed by atoms with Crippen LogP contribution in [0.4, 0.5) is 0 Å². The fourth-order valence-electron chi connectivity index (χ4n) is 5.16. The molecule has 0 aliphatic carbocycles. The number of piperidine rings is 1. The number of para-hydroxylation sites is 1. The van der Waals surface area contributed by atoms with Crippen LogP contribution < -0.4 is 11.3 Å². The van der Waals surface area contributed by atoms with E-state index in [1.165, 1.54) is 25.5 Å². The molecule has 0 radical (unpaired) electrons. The number of H-pyrrole nitrogens is 2. The predicted octanol–water partition coefficient (Wildman–Crippen LogP) is 3.57. The summed E-state index contributed by atoms with van der Waals surface area (Å²) in [6.07, 6.45) is 8.42. The number of fused-ring (bicyclic) bond motifs is 1. The van der Waals surface area contributed by atoms with Gasteiger partial charge in [0.1, 0.15) is 11.5 Å². The Kier molecular flexibility index (Phi) is 6.41. The van der Waals surface area contributed by atoms with Crippen molar-refractivity contribution in [1.82, 2.24) is 24.8 Å². The van der Waals surface area contributed by atoms with E-state index in [1.807, 2.05) is 12.1 Å². The first-order chi connectivity index (χ1) is 15.3. The summed E-state index contributed by atoms with van der Waals surface area (Å²) in [5, 5.41) is 7.50. The molecule has 4 rings (SSSR count). The largest absolute Gasteiger partial charge is 0.382 e. The summed E-state index contributed by atoms with van der Waals surface area (Å²) in [7, 11) is 0. The molecule has 170 valence electrons. The van der Waals surface area contributed by atoms with Crippen LogP contribution in [-0.2, 0) is 6.42 Å². The Morgan fingerprint density at radius 1 is 1.28 bits per heavy atom. The summed E-state index contributed by atoms with van der Waals surface area (Å²) >= 11 is 0. The van der Waals surface area contributed by atoms with Crippen molar-refractivity contribution in [2.75, 3.05) is 0 Å². The number of hydrogen-bond donors (Lipinski definition) is 4. The van der Waals surface area contributed by atoms with Crippen molar-refractivity contribution in [3.63, 3.8) is 0 Å². The van der Waals surface area contributed by atoms with E-state index < -0.39 is 0 Å². The normalized spacial score (nSPS) is 20.5. The van der Waals surface area contributed by atoms with Crippen LogP contribution in [0.2, 0.25) is 0 Å². The molecular weight excluding hydrogens is 402 g/mol. The van der Waals surface area contributed by atoms with Gasteiger partial charge < -0.3 is 15.7 Å². The lowest BCUT2D eigenvalue weighted by Crippen LogP contribution is -2.48. The molecule has 1 aromatic carbocycles. The fourth-order valence-corrected chi connectivity index (χ4v) is 5.16. The van der Waals surface area contributed by atoms with Gasteiger partial charge in [0.2, 0.25) is 0 Å². The van der Waals surface area contributed by atoms with Crippen LogP contribution in [0.1, 0.15) is 64.1 Å². The molecule has 3 atom stereocenters. The highest BCUT2D eigenvalue weighted by Crippen LogP contribution is 2.27. The van der Waals surface area contributed by atoms with E-state index in [0.717, 1.165) is 35.9 Å². The Bertz CT molecular complexity index is 1150. The van der Waals surface area contributed by atoms with Gasteiger partial charge in [-0.25, -0.2) is 9.97 Å². The number of likely N-dealkylation sites (tertiary alicyclic amines) is 1. The molecule has 32 heavy (non-hydrogen) atoms. The van der Waals surface area contributed by atoms with Crippen LogP contribution in [0.5, 0.6) is 0 Å². The third-order valence-corrected chi connectivity index (χ3v) is 6.74. The zero-order chi connectivity index (χ0) is 22.8. The highest BCUT2D eigenvalue weighted by molar-refractivity contribution is 5.93. The average Bonchev–Trinajstić information content (AvgIpc) is 3.24. The highest BCUT2D eigenvalue weighted by atomic mass is 16.1. The van der Waals surface area contributed by atoms with E-state index in [1.54, 1.807) is 0 Å². The molecule has 2 aromatic heterocycles. The third-order valence-electron chi connectivity index (χ3n) is 6.74. The van der Waals surface area contributed by atoms with Gasteiger partial charge in [-0.2, -0.15) is 0 Å².